The number of hydrogen-bond acceptors (Lipinski definition) is 5. The molecule has 1 aromatic carbocycles. The number of amides is 1. The standard InChI is InChI=1S/C18H20FN5OS/c1-2-11-15(26-18(20)23-11)17(25)24-8-4-3-5-14(24)16-21-12-7-6-10(19)9-13(12)22-16/h6-7,9,14H,2-5,8H2,1H3,(H2,20,23)(H,21,22)/t14-/m0/s1. The number of carbonyl (C=O) groups is 1. The average Bonchev–Trinajstić information content (AvgIpc) is 3.23. The van der Waals surface area contributed by atoms with Crippen LogP contribution in [0.4, 0.5) is 9.52 Å². The molecule has 0 spiro atoms. The highest BCUT2D eigenvalue weighted by atomic mass is 32.1. The third-order valence-corrected chi connectivity index (χ3v) is 5.70. The van der Waals surface area contributed by atoms with Crippen LogP contribution in [0.2, 0.25) is 0 Å². The second-order valence-electron chi connectivity index (χ2n) is 6.48. The Labute approximate surface area is 154 Å². The monoisotopic (exact) mass is 373 g/mol. The molecule has 4 rings (SSSR count). The minimum atomic E-state index is -0.308. The van der Waals surface area contributed by atoms with Crippen molar-refractivity contribution in [2.75, 3.05) is 12.3 Å². The van der Waals surface area contributed by atoms with E-state index in [1.165, 1.54) is 23.5 Å². The van der Waals surface area contributed by atoms with E-state index in [1.807, 2.05) is 11.8 Å². The molecule has 1 aliphatic rings. The first-order valence-corrected chi connectivity index (χ1v) is 9.59. The Kier molecular flexibility index (Phi) is 4.36. The van der Waals surface area contributed by atoms with E-state index >= 15 is 0 Å². The summed E-state index contributed by atoms with van der Waals surface area (Å²) < 4.78 is 13.5. The molecule has 0 radical (unpaired) electrons. The Bertz CT molecular complexity index is 966. The normalized spacial score (nSPS) is 17.8. The van der Waals surface area contributed by atoms with E-state index in [-0.39, 0.29) is 17.8 Å². The average molecular weight is 373 g/mol. The van der Waals surface area contributed by atoms with Gasteiger partial charge >= 0.3 is 0 Å². The van der Waals surface area contributed by atoms with Crippen LogP contribution in [0.5, 0.6) is 0 Å². The van der Waals surface area contributed by atoms with Crippen LogP contribution in [-0.2, 0) is 6.42 Å². The number of benzene rings is 1. The minimum absolute atomic E-state index is 0.0487. The summed E-state index contributed by atoms with van der Waals surface area (Å²) in [6, 6.07) is 4.32. The molecule has 1 amide bonds. The Morgan fingerprint density at radius 3 is 3.08 bits per heavy atom. The molecule has 6 nitrogen and oxygen atoms in total. The number of fused-ring (bicyclic) bond motifs is 1. The van der Waals surface area contributed by atoms with Gasteiger partial charge in [-0.3, -0.25) is 4.79 Å². The number of anilines is 1. The summed E-state index contributed by atoms with van der Waals surface area (Å²) in [7, 11) is 0. The maximum atomic E-state index is 13.5. The third-order valence-electron chi connectivity index (χ3n) is 4.78. The molecule has 0 aliphatic carbocycles. The van der Waals surface area contributed by atoms with Crippen LogP contribution in [0, 0.1) is 5.82 Å². The van der Waals surface area contributed by atoms with Crippen molar-refractivity contribution in [3.63, 3.8) is 0 Å². The van der Waals surface area contributed by atoms with Gasteiger partial charge < -0.3 is 15.6 Å². The predicted molar refractivity (Wildman–Crippen MR) is 99.6 cm³/mol. The molecule has 3 heterocycles. The lowest BCUT2D eigenvalue weighted by molar-refractivity contribution is 0.0605. The lowest BCUT2D eigenvalue weighted by Crippen LogP contribution is -2.39. The molecule has 26 heavy (non-hydrogen) atoms. The number of nitrogens with two attached hydrogens (primary N) is 1. The van der Waals surface area contributed by atoms with Crippen molar-refractivity contribution in [1.82, 2.24) is 19.9 Å². The van der Waals surface area contributed by atoms with Crippen LogP contribution in [0.15, 0.2) is 18.2 Å². The summed E-state index contributed by atoms with van der Waals surface area (Å²) in [5, 5.41) is 0.415. The highest BCUT2D eigenvalue weighted by Crippen LogP contribution is 2.34. The number of halogens is 1. The fraction of sp³-hybridized carbons (Fsp3) is 0.389. The van der Waals surface area contributed by atoms with Gasteiger partial charge in [-0.2, -0.15) is 0 Å². The molecule has 1 aliphatic heterocycles. The first-order valence-electron chi connectivity index (χ1n) is 8.78. The first kappa shape index (κ1) is 17.0. The van der Waals surface area contributed by atoms with Gasteiger partial charge in [0.1, 0.15) is 16.5 Å². The molecule has 0 bridgehead atoms. The SMILES string of the molecule is CCc1nc(N)sc1C(=O)N1CCCC[C@H]1c1nc2ccc(F)cc2[nH]1. The number of nitrogen functional groups attached to an aromatic ring is 1. The number of rotatable bonds is 3. The van der Waals surface area contributed by atoms with Crippen LogP contribution >= 0.6 is 11.3 Å². The topological polar surface area (TPSA) is 87.9 Å². The Morgan fingerprint density at radius 2 is 2.27 bits per heavy atom. The molecule has 8 heteroatoms. The van der Waals surface area contributed by atoms with Crippen LogP contribution in [-0.4, -0.2) is 32.3 Å². The largest absolute Gasteiger partial charge is 0.375 e. The molecule has 136 valence electrons. The van der Waals surface area contributed by atoms with Crippen molar-refractivity contribution in [3.05, 3.63) is 40.4 Å². The zero-order chi connectivity index (χ0) is 18.3. The lowest BCUT2D eigenvalue weighted by Gasteiger charge is -2.34. The van der Waals surface area contributed by atoms with Gasteiger partial charge in [-0.1, -0.05) is 18.3 Å². The smallest absolute Gasteiger partial charge is 0.266 e. The summed E-state index contributed by atoms with van der Waals surface area (Å²) in [6.07, 6.45) is 3.46. The summed E-state index contributed by atoms with van der Waals surface area (Å²) in [5.41, 5.74) is 7.91. The van der Waals surface area contributed by atoms with E-state index in [4.69, 9.17) is 5.73 Å². The number of aromatic nitrogens is 3. The number of hydrogen-bond donors (Lipinski definition) is 2. The van der Waals surface area contributed by atoms with E-state index in [1.54, 1.807) is 6.07 Å². The van der Waals surface area contributed by atoms with Crippen LogP contribution in [0.25, 0.3) is 11.0 Å². The number of aromatic amines is 1. The van der Waals surface area contributed by atoms with Gasteiger partial charge in [0, 0.05) is 6.54 Å². The van der Waals surface area contributed by atoms with Gasteiger partial charge in [0.05, 0.1) is 22.8 Å². The van der Waals surface area contributed by atoms with E-state index in [2.05, 4.69) is 15.0 Å². The molecule has 3 aromatic rings. The molecule has 0 saturated carbocycles. The molecule has 0 unspecified atom stereocenters. The molecule has 1 atom stereocenters. The third kappa shape index (κ3) is 2.94. The van der Waals surface area contributed by atoms with E-state index in [0.717, 1.165) is 25.0 Å². The predicted octanol–water partition coefficient (Wildman–Crippen LogP) is 3.67. The summed E-state index contributed by atoms with van der Waals surface area (Å²) in [5.74, 6) is 0.346. The summed E-state index contributed by atoms with van der Waals surface area (Å²) >= 11 is 1.24. The van der Waals surface area contributed by atoms with E-state index in [0.29, 0.717) is 39.8 Å². The van der Waals surface area contributed by atoms with Gasteiger partial charge in [0.15, 0.2) is 5.13 Å². The fourth-order valence-corrected chi connectivity index (χ4v) is 4.40. The number of H-pyrrole nitrogens is 1. The van der Waals surface area contributed by atoms with Gasteiger partial charge in [0.25, 0.3) is 5.91 Å². The Balaban J connectivity index is 1.70. The molecule has 3 N–H and O–H groups in total. The highest BCUT2D eigenvalue weighted by Gasteiger charge is 2.33. The van der Waals surface area contributed by atoms with Crippen molar-refractivity contribution in [1.29, 1.82) is 0 Å². The summed E-state index contributed by atoms with van der Waals surface area (Å²) in [6.45, 7) is 2.63. The maximum absolute atomic E-state index is 13.5. The van der Waals surface area contributed by atoms with Crippen molar-refractivity contribution in [3.8, 4) is 0 Å². The molecule has 1 fully saturated rings. The number of likely N-dealkylation sites (tertiary alicyclic amines) is 1. The Morgan fingerprint density at radius 1 is 1.42 bits per heavy atom. The quantitative estimate of drug-likeness (QED) is 0.733. The first-order chi connectivity index (χ1) is 12.6. The maximum Gasteiger partial charge on any atom is 0.266 e. The lowest BCUT2D eigenvalue weighted by atomic mass is 10.0. The van der Waals surface area contributed by atoms with Crippen LogP contribution in [0.3, 0.4) is 0 Å². The van der Waals surface area contributed by atoms with Crippen molar-refractivity contribution in [2.24, 2.45) is 0 Å². The molecule has 1 saturated heterocycles. The Hall–Kier alpha value is -2.48. The number of piperidine rings is 1. The number of thiazole rings is 1. The van der Waals surface area contributed by atoms with Gasteiger partial charge in [-0.25, -0.2) is 14.4 Å². The minimum Gasteiger partial charge on any atom is -0.375 e. The zero-order valence-corrected chi connectivity index (χ0v) is 15.3. The van der Waals surface area contributed by atoms with Crippen molar-refractivity contribution < 1.29 is 9.18 Å². The number of imidazole rings is 1. The summed E-state index contributed by atoms with van der Waals surface area (Å²) in [4.78, 5) is 27.7. The molecule has 2 aromatic heterocycles. The van der Waals surface area contributed by atoms with Crippen molar-refractivity contribution in [2.45, 2.75) is 38.6 Å². The van der Waals surface area contributed by atoms with Crippen LogP contribution < -0.4 is 5.73 Å². The van der Waals surface area contributed by atoms with E-state index < -0.39 is 0 Å². The number of carbonyl (C=O) groups excluding carboxylic acids is 1. The van der Waals surface area contributed by atoms with Crippen molar-refractivity contribution >= 4 is 33.4 Å². The molecular formula is C18H20FN5OS. The molecular weight excluding hydrogens is 353 g/mol. The number of nitrogens with zero attached hydrogens (tertiary/aromatic N) is 3. The number of aryl methyl sites for hydroxylation is 1. The number of nitrogens with one attached hydrogen (secondary N) is 1. The van der Waals surface area contributed by atoms with Gasteiger partial charge in [-0.05, 0) is 43.9 Å². The van der Waals surface area contributed by atoms with Crippen LogP contribution in [0.1, 0.15) is 53.4 Å². The fourth-order valence-electron chi connectivity index (χ4n) is 3.53. The van der Waals surface area contributed by atoms with Gasteiger partial charge in [-0.15, -0.1) is 0 Å². The van der Waals surface area contributed by atoms with E-state index in [9.17, 15) is 9.18 Å². The second kappa shape index (κ2) is 6.68. The second-order valence-corrected chi connectivity index (χ2v) is 7.51. The van der Waals surface area contributed by atoms with Gasteiger partial charge in [0.2, 0.25) is 0 Å². The highest BCUT2D eigenvalue weighted by molar-refractivity contribution is 7.17. The zero-order valence-electron chi connectivity index (χ0n) is 14.5.